The second kappa shape index (κ2) is 6.28. The van der Waals surface area contributed by atoms with Crippen LogP contribution in [0.15, 0.2) is 41.4 Å². The SMILES string of the molecule is C[C@@H]1[C@H]2Cc3ccc(C(N)=O)cc3[C@]1(C)CCN2C(=O)c1ccc2c(c1)CC=N2. The number of nitrogens with two attached hydrogens (primary N) is 1. The van der Waals surface area contributed by atoms with Gasteiger partial charge < -0.3 is 10.6 Å². The summed E-state index contributed by atoms with van der Waals surface area (Å²) in [4.78, 5) is 31.5. The quantitative estimate of drug-likeness (QED) is 0.857. The summed E-state index contributed by atoms with van der Waals surface area (Å²) >= 11 is 0. The Kier molecular flexibility index (Phi) is 3.92. The van der Waals surface area contributed by atoms with Crippen LogP contribution < -0.4 is 5.73 Å². The molecule has 1 saturated heterocycles. The van der Waals surface area contributed by atoms with Gasteiger partial charge in [-0.1, -0.05) is 19.9 Å². The minimum absolute atomic E-state index is 0.0632. The summed E-state index contributed by atoms with van der Waals surface area (Å²) < 4.78 is 0. The Morgan fingerprint density at radius 2 is 1.93 bits per heavy atom. The number of hydrogen-bond donors (Lipinski definition) is 1. The van der Waals surface area contributed by atoms with Crippen molar-refractivity contribution in [2.75, 3.05) is 6.54 Å². The zero-order chi connectivity index (χ0) is 20.3. The molecule has 0 unspecified atom stereocenters. The largest absolute Gasteiger partial charge is 0.366 e. The maximum atomic E-state index is 13.4. The van der Waals surface area contributed by atoms with Gasteiger partial charge in [-0.25, -0.2) is 0 Å². The molecule has 2 aliphatic heterocycles. The van der Waals surface area contributed by atoms with E-state index >= 15 is 0 Å². The van der Waals surface area contributed by atoms with Crippen molar-refractivity contribution in [3.8, 4) is 0 Å². The zero-order valence-corrected chi connectivity index (χ0v) is 16.8. The Hall–Kier alpha value is -2.95. The summed E-state index contributed by atoms with van der Waals surface area (Å²) in [5.74, 6) is 0.0174. The number of aliphatic imine (C=N–C) groups is 1. The Morgan fingerprint density at radius 3 is 2.72 bits per heavy atom. The Bertz CT molecular complexity index is 1070. The number of likely N-dealkylation sites (tertiary alicyclic amines) is 1. The van der Waals surface area contributed by atoms with E-state index in [1.165, 1.54) is 11.1 Å². The molecule has 2 heterocycles. The van der Waals surface area contributed by atoms with Crippen LogP contribution in [0.1, 0.15) is 57.7 Å². The summed E-state index contributed by atoms with van der Waals surface area (Å²) in [5.41, 5.74) is 11.3. The highest BCUT2D eigenvalue weighted by molar-refractivity contribution is 5.96. The molecule has 0 aromatic heterocycles. The summed E-state index contributed by atoms with van der Waals surface area (Å²) in [7, 11) is 0. The molecule has 2 aromatic rings. The highest BCUT2D eigenvalue weighted by atomic mass is 16.2. The number of benzene rings is 2. The van der Waals surface area contributed by atoms with Crippen molar-refractivity contribution in [2.24, 2.45) is 16.6 Å². The number of amides is 2. The van der Waals surface area contributed by atoms with Gasteiger partial charge in [-0.05, 0) is 71.2 Å². The van der Waals surface area contributed by atoms with Gasteiger partial charge in [0, 0.05) is 36.3 Å². The van der Waals surface area contributed by atoms with Crippen LogP contribution in [0, 0.1) is 5.92 Å². The molecule has 5 rings (SSSR count). The number of carbonyl (C=O) groups excluding carboxylic acids is 2. The molecular weight excluding hydrogens is 362 g/mol. The molecule has 2 bridgehead atoms. The van der Waals surface area contributed by atoms with Crippen molar-refractivity contribution in [1.82, 2.24) is 4.90 Å². The van der Waals surface area contributed by atoms with E-state index < -0.39 is 0 Å². The molecule has 2 amide bonds. The Labute approximate surface area is 170 Å². The highest BCUT2D eigenvalue weighted by Gasteiger charge is 2.49. The van der Waals surface area contributed by atoms with Gasteiger partial charge in [0.25, 0.3) is 5.91 Å². The van der Waals surface area contributed by atoms with Crippen LogP contribution >= 0.6 is 0 Å². The number of primary amides is 1. The minimum atomic E-state index is -0.389. The maximum Gasteiger partial charge on any atom is 0.254 e. The third kappa shape index (κ3) is 2.64. The molecule has 148 valence electrons. The molecule has 1 fully saturated rings. The summed E-state index contributed by atoms with van der Waals surface area (Å²) in [6.07, 6.45) is 4.38. The third-order valence-corrected chi connectivity index (χ3v) is 7.42. The normalized spacial score (nSPS) is 26.8. The second-order valence-electron chi connectivity index (χ2n) is 8.82. The molecule has 0 saturated carbocycles. The van der Waals surface area contributed by atoms with Gasteiger partial charge in [0.05, 0.1) is 5.69 Å². The van der Waals surface area contributed by atoms with Crippen molar-refractivity contribution in [2.45, 2.75) is 44.6 Å². The summed E-state index contributed by atoms with van der Waals surface area (Å²) in [5, 5.41) is 0. The van der Waals surface area contributed by atoms with Crippen molar-refractivity contribution < 1.29 is 9.59 Å². The first-order valence-corrected chi connectivity index (χ1v) is 10.3. The monoisotopic (exact) mass is 387 g/mol. The average Bonchev–Trinajstić information content (AvgIpc) is 3.18. The van der Waals surface area contributed by atoms with Crippen molar-refractivity contribution in [3.63, 3.8) is 0 Å². The number of hydrogen-bond acceptors (Lipinski definition) is 3. The molecule has 5 heteroatoms. The third-order valence-electron chi connectivity index (χ3n) is 7.42. The molecule has 0 spiro atoms. The number of nitrogens with zero attached hydrogens (tertiary/aromatic N) is 2. The number of carbonyl (C=O) groups is 2. The molecule has 5 nitrogen and oxygen atoms in total. The lowest BCUT2D eigenvalue weighted by Crippen LogP contribution is -2.59. The number of rotatable bonds is 2. The number of fused-ring (bicyclic) bond motifs is 5. The standard InChI is InChI=1S/C24H25N3O2/c1-14-21-13-15-3-4-17(22(25)28)12-19(15)24(14,2)8-10-27(21)23(29)18-5-6-20-16(11-18)7-9-26-20/h3-6,9,11-12,14,21H,7-8,10,13H2,1-2H3,(H2,25,28)/t14-,21-,24-/m1/s1. The molecule has 1 aliphatic carbocycles. The van der Waals surface area contributed by atoms with Gasteiger partial charge in [-0.15, -0.1) is 0 Å². The molecule has 2 aromatic carbocycles. The first-order valence-electron chi connectivity index (χ1n) is 10.3. The fourth-order valence-electron chi connectivity index (χ4n) is 5.44. The van der Waals surface area contributed by atoms with Gasteiger partial charge in [-0.2, -0.15) is 0 Å². The maximum absolute atomic E-state index is 13.4. The van der Waals surface area contributed by atoms with Gasteiger partial charge in [0.1, 0.15) is 0 Å². The number of piperidine rings is 1. The summed E-state index contributed by atoms with van der Waals surface area (Å²) in [6.45, 7) is 5.22. The fourth-order valence-corrected chi connectivity index (χ4v) is 5.44. The van der Waals surface area contributed by atoms with E-state index in [4.69, 9.17) is 5.73 Å². The molecular formula is C24H25N3O2. The predicted octanol–water partition coefficient (Wildman–Crippen LogP) is 3.41. The molecule has 3 aliphatic rings. The summed E-state index contributed by atoms with van der Waals surface area (Å²) in [6, 6.07) is 11.8. The Balaban J connectivity index is 1.49. The molecule has 2 N–H and O–H groups in total. The van der Waals surface area contributed by atoms with E-state index in [-0.39, 0.29) is 23.3 Å². The van der Waals surface area contributed by atoms with Crippen LogP contribution in [0.3, 0.4) is 0 Å². The van der Waals surface area contributed by atoms with Crippen LogP contribution in [0.25, 0.3) is 0 Å². The highest BCUT2D eigenvalue weighted by Crippen LogP contribution is 2.49. The van der Waals surface area contributed by atoms with Gasteiger partial charge in [-0.3, -0.25) is 14.6 Å². The molecule has 3 atom stereocenters. The average molecular weight is 387 g/mol. The topological polar surface area (TPSA) is 75.8 Å². The van der Waals surface area contributed by atoms with Crippen molar-refractivity contribution >= 4 is 23.7 Å². The van der Waals surface area contributed by atoms with Gasteiger partial charge in [0.15, 0.2) is 0 Å². The molecule has 0 radical (unpaired) electrons. The van der Waals surface area contributed by atoms with E-state index in [1.54, 1.807) is 0 Å². The van der Waals surface area contributed by atoms with Crippen LogP contribution in [0.4, 0.5) is 5.69 Å². The van der Waals surface area contributed by atoms with E-state index in [2.05, 4.69) is 23.7 Å². The van der Waals surface area contributed by atoms with E-state index in [9.17, 15) is 9.59 Å². The van der Waals surface area contributed by atoms with E-state index in [0.717, 1.165) is 42.6 Å². The van der Waals surface area contributed by atoms with Gasteiger partial charge >= 0.3 is 0 Å². The van der Waals surface area contributed by atoms with Crippen LogP contribution in [0.2, 0.25) is 0 Å². The van der Waals surface area contributed by atoms with Crippen LogP contribution in [-0.4, -0.2) is 35.5 Å². The zero-order valence-electron chi connectivity index (χ0n) is 16.8. The van der Waals surface area contributed by atoms with Gasteiger partial charge in [0.2, 0.25) is 5.91 Å². The Morgan fingerprint density at radius 1 is 1.14 bits per heavy atom. The van der Waals surface area contributed by atoms with E-state index in [1.807, 2.05) is 42.6 Å². The smallest absolute Gasteiger partial charge is 0.254 e. The van der Waals surface area contributed by atoms with Crippen molar-refractivity contribution in [3.05, 3.63) is 64.2 Å². The predicted molar refractivity (Wildman–Crippen MR) is 113 cm³/mol. The fraction of sp³-hybridized carbons (Fsp3) is 0.375. The minimum Gasteiger partial charge on any atom is -0.366 e. The van der Waals surface area contributed by atoms with E-state index in [0.29, 0.717) is 11.5 Å². The lowest BCUT2D eigenvalue weighted by Gasteiger charge is -2.54. The van der Waals surface area contributed by atoms with Crippen LogP contribution in [-0.2, 0) is 18.3 Å². The van der Waals surface area contributed by atoms with Crippen LogP contribution in [0.5, 0.6) is 0 Å². The first-order chi connectivity index (χ1) is 13.9. The lowest BCUT2D eigenvalue weighted by molar-refractivity contribution is 0.0250. The second-order valence-corrected chi connectivity index (χ2v) is 8.82. The first kappa shape index (κ1) is 18.1. The molecule has 29 heavy (non-hydrogen) atoms. The lowest BCUT2D eigenvalue weighted by atomic mass is 9.58. The van der Waals surface area contributed by atoms with Crippen molar-refractivity contribution in [1.29, 1.82) is 0 Å².